The number of hydrazine groups is 1. The number of nitrogens with zero attached hydrogens (tertiary/aromatic N) is 3. The molecule has 2 N–H and O–H groups in total. The standard InChI is InChI=1S/C20H23ClN4O4/c1-24(2)19(27)13-4-3-5-16(9-13)25(20(28)29)23-18(26)14-8-12-6-7-15(21)10-17(12)22-11-14/h6-8,10-11,13,16H,3-5,9H2,1-2H3,(H,23,26)(H,28,29)/t13-,16?/m0/s1. The second-order valence-corrected chi connectivity index (χ2v) is 7.84. The summed E-state index contributed by atoms with van der Waals surface area (Å²) in [6.45, 7) is 0. The van der Waals surface area contributed by atoms with E-state index in [0.717, 1.165) is 10.4 Å². The molecule has 3 rings (SSSR count). The van der Waals surface area contributed by atoms with Crippen molar-refractivity contribution in [2.45, 2.75) is 31.7 Å². The number of halogens is 1. The number of benzene rings is 1. The molecule has 1 aromatic heterocycles. The molecule has 2 atom stereocenters. The van der Waals surface area contributed by atoms with Crippen molar-refractivity contribution in [1.82, 2.24) is 20.3 Å². The maximum absolute atomic E-state index is 12.7. The third-order valence-electron chi connectivity index (χ3n) is 5.14. The molecule has 0 radical (unpaired) electrons. The number of amides is 3. The normalized spacial score (nSPS) is 18.9. The Labute approximate surface area is 173 Å². The molecule has 1 saturated carbocycles. The molecule has 1 unspecified atom stereocenters. The van der Waals surface area contributed by atoms with Gasteiger partial charge in [0.25, 0.3) is 5.91 Å². The minimum Gasteiger partial charge on any atom is -0.464 e. The molecule has 8 nitrogen and oxygen atoms in total. The van der Waals surface area contributed by atoms with E-state index in [1.165, 1.54) is 11.1 Å². The lowest BCUT2D eigenvalue weighted by molar-refractivity contribution is -0.134. The molecule has 0 spiro atoms. The predicted molar refractivity (Wildman–Crippen MR) is 109 cm³/mol. The largest absolute Gasteiger partial charge is 0.464 e. The first-order valence-corrected chi connectivity index (χ1v) is 9.73. The third kappa shape index (κ3) is 4.76. The van der Waals surface area contributed by atoms with Crippen LogP contribution in [0.4, 0.5) is 4.79 Å². The summed E-state index contributed by atoms with van der Waals surface area (Å²) in [7, 11) is 3.37. The van der Waals surface area contributed by atoms with Crippen LogP contribution in [0.1, 0.15) is 36.0 Å². The van der Waals surface area contributed by atoms with Crippen LogP contribution in [0, 0.1) is 5.92 Å². The van der Waals surface area contributed by atoms with Crippen LogP contribution in [-0.2, 0) is 4.79 Å². The molecule has 0 aliphatic heterocycles. The predicted octanol–water partition coefficient (Wildman–Crippen LogP) is 3.16. The molecule has 2 aromatic rings. The topological polar surface area (TPSA) is 103 Å². The summed E-state index contributed by atoms with van der Waals surface area (Å²) < 4.78 is 0. The highest BCUT2D eigenvalue weighted by Gasteiger charge is 2.34. The molecular weight excluding hydrogens is 396 g/mol. The molecule has 1 aliphatic rings. The van der Waals surface area contributed by atoms with Gasteiger partial charge in [0.1, 0.15) is 0 Å². The van der Waals surface area contributed by atoms with Gasteiger partial charge >= 0.3 is 6.09 Å². The van der Waals surface area contributed by atoms with Gasteiger partial charge < -0.3 is 10.0 Å². The Kier molecular flexibility index (Phi) is 6.22. The molecule has 0 bridgehead atoms. The lowest BCUT2D eigenvalue weighted by Gasteiger charge is -2.35. The zero-order valence-corrected chi connectivity index (χ0v) is 17.0. The fourth-order valence-electron chi connectivity index (χ4n) is 3.68. The number of fused-ring (bicyclic) bond motifs is 1. The first-order chi connectivity index (χ1) is 13.8. The molecule has 1 aliphatic carbocycles. The lowest BCUT2D eigenvalue weighted by atomic mass is 9.84. The van der Waals surface area contributed by atoms with Crippen molar-refractivity contribution in [3.8, 4) is 0 Å². The second-order valence-electron chi connectivity index (χ2n) is 7.40. The minimum atomic E-state index is -1.26. The van der Waals surface area contributed by atoms with Crippen molar-refractivity contribution in [3.63, 3.8) is 0 Å². The fraction of sp³-hybridized carbons (Fsp3) is 0.400. The van der Waals surface area contributed by atoms with Crippen molar-refractivity contribution in [3.05, 3.63) is 41.0 Å². The van der Waals surface area contributed by atoms with Crippen LogP contribution in [0.25, 0.3) is 10.9 Å². The SMILES string of the molecule is CN(C)C(=O)[C@H]1CCCC(N(NC(=O)c2cnc3cc(Cl)ccc3c2)C(=O)O)C1. The Bertz CT molecular complexity index is 949. The summed E-state index contributed by atoms with van der Waals surface area (Å²) in [5.41, 5.74) is 3.35. The zero-order valence-electron chi connectivity index (χ0n) is 16.3. The molecule has 154 valence electrons. The first kappa shape index (κ1) is 20.9. The van der Waals surface area contributed by atoms with E-state index in [1.807, 2.05) is 0 Å². The number of aromatic nitrogens is 1. The summed E-state index contributed by atoms with van der Waals surface area (Å²) >= 11 is 5.95. The van der Waals surface area contributed by atoms with E-state index in [2.05, 4.69) is 10.4 Å². The zero-order chi connectivity index (χ0) is 21.1. The summed E-state index contributed by atoms with van der Waals surface area (Å²) in [5, 5.41) is 11.8. The van der Waals surface area contributed by atoms with E-state index in [4.69, 9.17) is 11.6 Å². The average molecular weight is 419 g/mol. The summed E-state index contributed by atoms with van der Waals surface area (Å²) in [4.78, 5) is 42.5. The fourth-order valence-corrected chi connectivity index (χ4v) is 3.84. The van der Waals surface area contributed by atoms with E-state index in [1.54, 1.807) is 38.4 Å². The van der Waals surface area contributed by atoms with Gasteiger partial charge in [-0.3, -0.25) is 20.0 Å². The summed E-state index contributed by atoms with van der Waals surface area (Å²) in [6, 6.07) is 6.29. The number of nitrogens with one attached hydrogen (secondary N) is 1. The van der Waals surface area contributed by atoms with Gasteiger partial charge in [0, 0.05) is 36.6 Å². The number of rotatable bonds is 3. The number of hydrogen-bond donors (Lipinski definition) is 2. The molecule has 9 heteroatoms. The van der Waals surface area contributed by atoms with E-state index in [-0.39, 0.29) is 17.4 Å². The van der Waals surface area contributed by atoms with Crippen molar-refractivity contribution < 1.29 is 19.5 Å². The van der Waals surface area contributed by atoms with Gasteiger partial charge in [-0.25, -0.2) is 9.80 Å². The Balaban J connectivity index is 1.76. The molecule has 29 heavy (non-hydrogen) atoms. The van der Waals surface area contributed by atoms with Gasteiger partial charge in [-0.15, -0.1) is 0 Å². The molecule has 0 saturated heterocycles. The van der Waals surface area contributed by atoms with Gasteiger partial charge in [0.2, 0.25) is 5.91 Å². The Morgan fingerprint density at radius 3 is 2.66 bits per heavy atom. The molecule has 1 heterocycles. The van der Waals surface area contributed by atoms with Crippen LogP contribution < -0.4 is 5.43 Å². The van der Waals surface area contributed by atoms with Crippen molar-refractivity contribution in [1.29, 1.82) is 0 Å². The van der Waals surface area contributed by atoms with Crippen LogP contribution >= 0.6 is 11.6 Å². The van der Waals surface area contributed by atoms with Crippen LogP contribution in [-0.4, -0.2) is 58.0 Å². The summed E-state index contributed by atoms with van der Waals surface area (Å²) in [6.07, 6.45) is 2.50. The van der Waals surface area contributed by atoms with Gasteiger partial charge in [-0.1, -0.05) is 24.1 Å². The van der Waals surface area contributed by atoms with Crippen LogP contribution in [0.5, 0.6) is 0 Å². The molecular formula is C20H23ClN4O4. The first-order valence-electron chi connectivity index (χ1n) is 9.36. The van der Waals surface area contributed by atoms with E-state index in [9.17, 15) is 19.5 Å². The average Bonchev–Trinajstić information content (AvgIpc) is 2.70. The second kappa shape index (κ2) is 8.65. The number of hydrogen-bond acceptors (Lipinski definition) is 4. The highest BCUT2D eigenvalue weighted by molar-refractivity contribution is 6.31. The van der Waals surface area contributed by atoms with E-state index >= 15 is 0 Å². The molecule has 1 aromatic carbocycles. The van der Waals surface area contributed by atoms with Crippen LogP contribution in [0.2, 0.25) is 5.02 Å². The Hall–Kier alpha value is -2.87. The Morgan fingerprint density at radius 2 is 1.97 bits per heavy atom. The number of carbonyl (C=O) groups excluding carboxylic acids is 2. The smallest absolute Gasteiger partial charge is 0.426 e. The Morgan fingerprint density at radius 1 is 1.21 bits per heavy atom. The van der Waals surface area contributed by atoms with Gasteiger partial charge in [0.15, 0.2) is 0 Å². The maximum Gasteiger partial charge on any atom is 0.426 e. The molecule has 1 fully saturated rings. The number of carboxylic acid groups (broad SMARTS) is 1. The van der Waals surface area contributed by atoms with Gasteiger partial charge in [-0.2, -0.15) is 0 Å². The van der Waals surface area contributed by atoms with E-state index < -0.39 is 18.0 Å². The van der Waals surface area contributed by atoms with Crippen molar-refractivity contribution in [2.24, 2.45) is 5.92 Å². The highest BCUT2D eigenvalue weighted by Crippen LogP contribution is 2.28. The molecule has 3 amide bonds. The monoisotopic (exact) mass is 418 g/mol. The van der Waals surface area contributed by atoms with Crippen LogP contribution in [0.3, 0.4) is 0 Å². The number of carbonyl (C=O) groups is 3. The lowest BCUT2D eigenvalue weighted by Crippen LogP contribution is -2.53. The highest BCUT2D eigenvalue weighted by atomic mass is 35.5. The van der Waals surface area contributed by atoms with Gasteiger partial charge in [0.05, 0.1) is 17.1 Å². The quantitative estimate of drug-likeness (QED) is 0.745. The third-order valence-corrected chi connectivity index (χ3v) is 5.37. The number of pyridine rings is 1. The maximum atomic E-state index is 12.7. The van der Waals surface area contributed by atoms with Crippen LogP contribution in [0.15, 0.2) is 30.5 Å². The summed E-state index contributed by atoms with van der Waals surface area (Å²) in [5.74, 6) is -0.851. The van der Waals surface area contributed by atoms with E-state index in [0.29, 0.717) is 36.2 Å². The van der Waals surface area contributed by atoms with Crippen molar-refractivity contribution >= 4 is 40.4 Å². The van der Waals surface area contributed by atoms with Gasteiger partial charge in [-0.05, 0) is 37.5 Å². The minimum absolute atomic E-state index is 0.0243. The van der Waals surface area contributed by atoms with Crippen molar-refractivity contribution in [2.75, 3.05) is 14.1 Å².